The van der Waals surface area contributed by atoms with Gasteiger partial charge in [-0.3, -0.25) is 9.69 Å². The van der Waals surface area contributed by atoms with Crippen molar-refractivity contribution in [1.29, 1.82) is 0 Å². The Morgan fingerprint density at radius 1 is 1.36 bits per heavy atom. The number of carbonyl (C=O) groups excluding carboxylic acids is 1. The van der Waals surface area contributed by atoms with Crippen molar-refractivity contribution in [3.63, 3.8) is 0 Å². The highest BCUT2D eigenvalue weighted by molar-refractivity contribution is 5.78. The van der Waals surface area contributed by atoms with Crippen LogP contribution in [0.1, 0.15) is 52.4 Å². The number of hydrogen-bond donors (Lipinski definition) is 1. The number of nitrogens with zero attached hydrogens (tertiary/aromatic N) is 2. The zero-order valence-electron chi connectivity index (χ0n) is 14.2. The van der Waals surface area contributed by atoms with Crippen LogP contribution in [-0.4, -0.2) is 71.8 Å². The molecule has 1 saturated heterocycles. The first-order chi connectivity index (χ1) is 10.6. The molecule has 0 aromatic heterocycles. The summed E-state index contributed by atoms with van der Waals surface area (Å²) in [4.78, 5) is 16.8. The van der Waals surface area contributed by atoms with Crippen LogP contribution in [0.3, 0.4) is 0 Å². The van der Waals surface area contributed by atoms with Crippen LogP contribution in [0.4, 0.5) is 0 Å². The van der Waals surface area contributed by atoms with Gasteiger partial charge in [-0.1, -0.05) is 26.2 Å². The Hall–Kier alpha value is -0.650. The van der Waals surface area contributed by atoms with E-state index in [-0.39, 0.29) is 18.1 Å². The predicted octanol–water partition coefficient (Wildman–Crippen LogP) is 1.64. The van der Waals surface area contributed by atoms with Gasteiger partial charge in [-0.05, 0) is 26.2 Å². The van der Waals surface area contributed by atoms with Crippen LogP contribution in [0.15, 0.2) is 0 Å². The van der Waals surface area contributed by atoms with E-state index in [9.17, 15) is 9.90 Å². The molecule has 22 heavy (non-hydrogen) atoms. The maximum absolute atomic E-state index is 12.6. The molecule has 0 unspecified atom stereocenters. The van der Waals surface area contributed by atoms with Gasteiger partial charge in [0.2, 0.25) is 5.91 Å². The molecule has 0 spiro atoms. The second-order valence-corrected chi connectivity index (χ2v) is 6.81. The molecule has 0 aromatic carbocycles. The fourth-order valence-electron chi connectivity index (χ4n) is 3.59. The number of amides is 1. The fourth-order valence-corrected chi connectivity index (χ4v) is 3.59. The van der Waals surface area contributed by atoms with Crippen molar-refractivity contribution in [2.24, 2.45) is 0 Å². The number of ether oxygens (including phenoxy) is 1. The lowest BCUT2D eigenvalue weighted by Gasteiger charge is -2.38. The number of carbonyl (C=O) groups is 1. The molecule has 0 aromatic rings. The van der Waals surface area contributed by atoms with E-state index in [1.54, 1.807) is 0 Å². The lowest BCUT2D eigenvalue weighted by molar-refractivity contribution is -0.141. The Morgan fingerprint density at radius 2 is 2.09 bits per heavy atom. The minimum absolute atomic E-state index is 0.178. The fraction of sp³-hybridized carbons (Fsp3) is 0.941. The third kappa shape index (κ3) is 5.21. The van der Waals surface area contributed by atoms with Crippen molar-refractivity contribution in [2.45, 2.75) is 70.6 Å². The van der Waals surface area contributed by atoms with Crippen LogP contribution in [0.2, 0.25) is 0 Å². The van der Waals surface area contributed by atoms with E-state index >= 15 is 0 Å². The highest BCUT2D eigenvalue weighted by Gasteiger charge is 2.28. The molecule has 128 valence electrons. The summed E-state index contributed by atoms with van der Waals surface area (Å²) >= 11 is 0. The second-order valence-electron chi connectivity index (χ2n) is 6.81. The Balaban J connectivity index is 1.91. The summed E-state index contributed by atoms with van der Waals surface area (Å²) in [7, 11) is 0. The topological polar surface area (TPSA) is 53.0 Å². The van der Waals surface area contributed by atoms with E-state index in [4.69, 9.17) is 4.74 Å². The summed E-state index contributed by atoms with van der Waals surface area (Å²) in [6, 6.07) is 0.454. The van der Waals surface area contributed by atoms with E-state index in [0.717, 1.165) is 19.3 Å². The molecule has 2 rings (SSSR count). The largest absolute Gasteiger partial charge is 0.392 e. The summed E-state index contributed by atoms with van der Waals surface area (Å²) in [5.74, 6) is 0.188. The molecule has 2 aliphatic rings. The maximum atomic E-state index is 12.6. The molecule has 1 heterocycles. The van der Waals surface area contributed by atoms with E-state index in [1.807, 2.05) is 11.8 Å². The highest BCUT2D eigenvalue weighted by atomic mass is 16.5. The van der Waals surface area contributed by atoms with Crippen LogP contribution in [0, 0.1) is 0 Å². The van der Waals surface area contributed by atoms with Crippen molar-refractivity contribution >= 4 is 5.91 Å². The number of morpholine rings is 1. The molecule has 1 aliphatic heterocycles. The van der Waals surface area contributed by atoms with Crippen molar-refractivity contribution < 1.29 is 14.6 Å². The minimum Gasteiger partial charge on any atom is -0.392 e. The van der Waals surface area contributed by atoms with E-state index in [2.05, 4.69) is 11.8 Å². The summed E-state index contributed by atoms with van der Waals surface area (Å²) < 4.78 is 5.65. The lowest BCUT2D eigenvalue weighted by atomic mass is 9.94. The molecule has 1 saturated carbocycles. The summed E-state index contributed by atoms with van der Waals surface area (Å²) in [5.41, 5.74) is 0. The normalized spacial score (nSPS) is 25.5. The molecule has 1 N–H and O–H groups in total. The Morgan fingerprint density at radius 3 is 2.73 bits per heavy atom. The van der Waals surface area contributed by atoms with Gasteiger partial charge >= 0.3 is 0 Å². The van der Waals surface area contributed by atoms with Crippen molar-refractivity contribution in [3.8, 4) is 0 Å². The van der Waals surface area contributed by atoms with E-state index < -0.39 is 0 Å². The molecule has 2 fully saturated rings. The first-order valence-corrected chi connectivity index (χ1v) is 8.91. The number of hydrogen-bond acceptors (Lipinski definition) is 4. The van der Waals surface area contributed by atoms with Gasteiger partial charge in [-0.15, -0.1) is 0 Å². The van der Waals surface area contributed by atoms with Crippen molar-refractivity contribution in [3.05, 3.63) is 0 Å². The quantitative estimate of drug-likeness (QED) is 0.810. The van der Waals surface area contributed by atoms with Gasteiger partial charge in [0.25, 0.3) is 0 Å². The van der Waals surface area contributed by atoms with Crippen molar-refractivity contribution in [1.82, 2.24) is 9.80 Å². The SMILES string of the molecule is CC[C@H]1CN(C(=O)CN(C[C@@H](C)O)C2CCCCC2)CCO1. The number of aliphatic hydroxyl groups is 1. The Labute approximate surface area is 134 Å². The number of rotatable bonds is 6. The Kier molecular flexibility index (Phi) is 7.12. The van der Waals surface area contributed by atoms with Crippen LogP contribution in [0.25, 0.3) is 0 Å². The average molecular weight is 312 g/mol. The van der Waals surface area contributed by atoms with E-state index in [0.29, 0.717) is 38.8 Å². The molecule has 0 radical (unpaired) electrons. The number of aliphatic hydroxyl groups excluding tert-OH is 1. The molecular formula is C17H32N2O3. The van der Waals surface area contributed by atoms with E-state index in [1.165, 1.54) is 19.3 Å². The van der Waals surface area contributed by atoms with Gasteiger partial charge in [-0.2, -0.15) is 0 Å². The van der Waals surface area contributed by atoms with Gasteiger partial charge in [0.15, 0.2) is 0 Å². The van der Waals surface area contributed by atoms with Gasteiger partial charge in [0.1, 0.15) is 0 Å². The van der Waals surface area contributed by atoms with Crippen molar-refractivity contribution in [2.75, 3.05) is 32.8 Å². The maximum Gasteiger partial charge on any atom is 0.236 e. The molecular weight excluding hydrogens is 280 g/mol. The predicted molar refractivity (Wildman–Crippen MR) is 86.7 cm³/mol. The van der Waals surface area contributed by atoms with Crippen LogP contribution in [-0.2, 0) is 9.53 Å². The summed E-state index contributed by atoms with van der Waals surface area (Å²) in [6.07, 6.45) is 6.83. The third-order valence-electron chi connectivity index (χ3n) is 4.88. The third-order valence-corrected chi connectivity index (χ3v) is 4.88. The lowest BCUT2D eigenvalue weighted by Crippen LogP contribution is -2.51. The van der Waals surface area contributed by atoms with Crippen LogP contribution < -0.4 is 0 Å². The molecule has 5 heteroatoms. The van der Waals surface area contributed by atoms with Gasteiger partial charge in [-0.25, -0.2) is 0 Å². The van der Waals surface area contributed by atoms with Crippen LogP contribution >= 0.6 is 0 Å². The molecule has 2 atom stereocenters. The highest BCUT2D eigenvalue weighted by Crippen LogP contribution is 2.23. The molecule has 1 amide bonds. The first kappa shape index (κ1) is 17.7. The molecule has 0 bridgehead atoms. The first-order valence-electron chi connectivity index (χ1n) is 8.91. The Bertz CT molecular complexity index is 343. The van der Waals surface area contributed by atoms with Gasteiger partial charge < -0.3 is 14.7 Å². The second kappa shape index (κ2) is 8.85. The summed E-state index contributed by atoms with van der Waals surface area (Å²) in [5, 5.41) is 9.77. The van der Waals surface area contributed by atoms with Crippen LogP contribution in [0.5, 0.6) is 0 Å². The van der Waals surface area contributed by atoms with Gasteiger partial charge in [0, 0.05) is 25.7 Å². The minimum atomic E-state index is -0.386. The zero-order valence-corrected chi connectivity index (χ0v) is 14.2. The van der Waals surface area contributed by atoms with Gasteiger partial charge in [0.05, 0.1) is 25.4 Å². The molecule has 1 aliphatic carbocycles. The average Bonchev–Trinajstić information content (AvgIpc) is 2.54. The standard InChI is InChI=1S/C17H32N2O3/c1-3-16-12-18(9-10-22-16)17(21)13-19(11-14(2)20)15-7-5-4-6-8-15/h14-16,20H,3-13H2,1-2H3/t14-,16+/m1/s1. The monoisotopic (exact) mass is 312 g/mol. The smallest absolute Gasteiger partial charge is 0.236 e. The molecule has 5 nitrogen and oxygen atoms in total. The zero-order chi connectivity index (χ0) is 15.9. The summed E-state index contributed by atoms with van der Waals surface area (Å²) in [6.45, 7) is 6.99.